The van der Waals surface area contributed by atoms with Crippen molar-refractivity contribution in [1.29, 1.82) is 0 Å². The smallest absolute Gasteiger partial charge is 0.350 e. The van der Waals surface area contributed by atoms with E-state index >= 15 is 0 Å². The average Bonchev–Trinajstić information content (AvgIpc) is 3.32. The van der Waals surface area contributed by atoms with Crippen molar-refractivity contribution in [2.75, 3.05) is 6.54 Å². The summed E-state index contributed by atoms with van der Waals surface area (Å²) < 4.78 is 43.4. The van der Waals surface area contributed by atoms with Gasteiger partial charge < -0.3 is 9.84 Å². The van der Waals surface area contributed by atoms with Crippen LogP contribution in [-0.2, 0) is 12.7 Å². The molecule has 0 atom stereocenters. The van der Waals surface area contributed by atoms with Gasteiger partial charge in [-0.05, 0) is 24.1 Å². The summed E-state index contributed by atoms with van der Waals surface area (Å²) in [5.74, 6) is -1.41. The van der Waals surface area contributed by atoms with E-state index in [1.54, 1.807) is 29.1 Å². The standard InChI is InChI=1S/C16H16F3N5O2S/c1-9(2)7-20-14(25)11-5-6-24(22-11)8-10-3-4-12(27-10)13-21-15(26-23-13)16(17,18)19/h3-6,9H,7-8H2,1-2H3,(H,20,25). The second kappa shape index (κ2) is 7.51. The molecule has 3 aromatic heterocycles. The third-order valence-corrected chi connectivity index (χ3v) is 4.48. The average molecular weight is 399 g/mol. The zero-order valence-electron chi connectivity index (χ0n) is 14.4. The number of amides is 1. The van der Waals surface area contributed by atoms with Gasteiger partial charge in [0.1, 0.15) is 5.69 Å². The van der Waals surface area contributed by atoms with E-state index in [0.29, 0.717) is 29.6 Å². The van der Waals surface area contributed by atoms with Gasteiger partial charge in [0.05, 0.1) is 11.4 Å². The van der Waals surface area contributed by atoms with Crippen LogP contribution in [0.25, 0.3) is 10.7 Å². The van der Waals surface area contributed by atoms with Crippen molar-refractivity contribution in [3.05, 3.63) is 40.9 Å². The van der Waals surface area contributed by atoms with Crippen LogP contribution in [0, 0.1) is 5.92 Å². The molecule has 0 fully saturated rings. The number of aromatic nitrogens is 4. The Balaban J connectivity index is 1.66. The molecule has 0 aliphatic heterocycles. The molecule has 0 saturated carbocycles. The van der Waals surface area contributed by atoms with E-state index in [-0.39, 0.29) is 11.7 Å². The summed E-state index contributed by atoms with van der Waals surface area (Å²) in [6.45, 7) is 4.92. The molecule has 1 amide bonds. The van der Waals surface area contributed by atoms with Crippen molar-refractivity contribution < 1.29 is 22.5 Å². The third-order valence-electron chi connectivity index (χ3n) is 3.41. The highest BCUT2D eigenvalue weighted by Crippen LogP contribution is 2.31. The van der Waals surface area contributed by atoms with Gasteiger partial charge in [0.15, 0.2) is 0 Å². The summed E-state index contributed by atoms with van der Waals surface area (Å²) >= 11 is 1.22. The molecule has 27 heavy (non-hydrogen) atoms. The molecule has 0 aliphatic rings. The lowest BCUT2D eigenvalue weighted by atomic mass is 10.2. The van der Waals surface area contributed by atoms with Crippen molar-refractivity contribution in [3.8, 4) is 10.7 Å². The van der Waals surface area contributed by atoms with Crippen LogP contribution in [0.15, 0.2) is 28.9 Å². The molecule has 0 saturated heterocycles. The Morgan fingerprint density at radius 3 is 2.78 bits per heavy atom. The summed E-state index contributed by atoms with van der Waals surface area (Å²) in [5, 5.41) is 10.4. The van der Waals surface area contributed by atoms with Crippen LogP contribution in [0.1, 0.15) is 35.1 Å². The van der Waals surface area contributed by atoms with Crippen LogP contribution < -0.4 is 5.32 Å². The lowest BCUT2D eigenvalue weighted by Gasteiger charge is -2.05. The minimum absolute atomic E-state index is 0.118. The van der Waals surface area contributed by atoms with Crippen LogP contribution in [0.3, 0.4) is 0 Å². The molecule has 0 spiro atoms. The maximum atomic E-state index is 12.5. The van der Waals surface area contributed by atoms with Crippen molar-refractivity contribution in [2.24, 2.45) is 5.92 Å². The van der Waals surface area contributed by atoms with Crippen LogP contribution in [0.5, 0.6) is 0 Å². The molecule has 1 N–H and O–H groups in total. The first-order valence-electron chi connectivity index (χ1n) is 8.04. The first-order valence-corrected chi connectivity index (χ1v) is 8.85. The SMILES string of the molecule is CC(C)CNC(=O)c1ccn(Cc2ccc(-c3noc(C(F)(F)F)n3)s2)n1. The van der Waals surface area contributed by atoms with Crippen molar-refractivity contribution in [1.82, 2.24) is 25.2 Å². The van der Waals surface area contributed by atoms with Gasteiger partial charge in [0.25, 0.3) is 5.91 Å². The fourth-order valence-electron chi connectivity index (χ4n) is 2.14. The molecule has 0 bridgehead atoms. The lowest BCUT2D eigenvalue weighted by Crippen LogP contribution is -2.27. The molecule has 11 heteroatoms. The first kappa shape index (κ1) is 19.1. The molecule has 0 unspecified atom stereocenters. The molecule has 3 rings (SSSR count). The quantitative estimate of drug-likeness (QED) is 0.686. The molecule has 144 valence electrons. The zero-order valence-corrected chi connectivity index (χ0v) is 15.3. The number of hydrogen-bond acceptors (Lipinski definition) is 6. The van der Waals surface area contributed by atoms with Gasteiger partial charge in [-0.3, -0.25) is 9.48 Å². The maximum absolute atomic E-state index is 12.5. The van der Waals surface area contributed by atoms with Gasteiger partial charge in [-0.15, -0.1) is 11.3 Å². The number of carbonyl (C=O) groups is 1. The van der Waals surface area contributed by atoms with E-state index in [9.17, 15) is 18.0 Å². The van der Waals surface area contributed by atoms with Crippen LogP contribution in [-0.4, -0.2) is 32.4 Å². The van der Waals surface area contributed by atoms with Gasteiger partial charge in [0.2, 0.25) is 5.82 Å². The van der Waals surface area contributed by atoms with E-state index in [1.165, 1.54) is 11.3 Å². The summed E-state index contributed by atoms with van der Waals surface area (Å²) in [5.41, 5.74) is 0.306. The van der Waals surface area contributed by atoms with Gasteiger partial charge in [0, 0.05) is 17.6 Å². The van der Waals surface area contributed by atoms with E-state index in [1.807, 2.05) is 13.8 Å². The monoisotopic (exact) mass is 399 g/mol. The molecule has 3 aromatic rings. The van der Waals surface area contributed by atoms with Crippen molar-refractivity contribution >= 4 is 17.2 Å². The van der Waals surface area contributed by atoms with Crippen LogP contribution in [0.4, 0.5) is 13.2 Å². The predicted molar refractivity (Wildman–Crippen MR) is 91.1 cm³/mol. The Morgan fingerprint density at radius 2 is 2.11 bits per heavy atom. The van der Waals surface area contributed by atoms with E-state index < -0.39 is 12.1 Å². The predicted octanol–water partition coefficient (Wildman–Crippen LogP) is 3.45. The second-order valence-corrected chi connectivity index (χ2v) is 7.36. The molecular formula is C16H16F3N5O2S. The van der Waals surface area contributed by atoms with Gasteiger partial charge in [-0.25, -0.2) is 0 Å². The zero-order chi connectivity index (χ0) is 19.6. The number of alkyl halides is 3. The van der Waals surface area contributed by atoms with E-state index in [4.69, 9.17) is 0 Å². The molecular weight excluding hydrogens is 383 g/mol. The minimum Gasteiger partial charge on any atom is -0.350 e. The fraction of sp³-hybridized carbons (Fsp3) is 0.375. The topological polar surface area (TPSA) is 85.8 Å². The molecule has 0 radical (unpaired) electrons. The fourth-order valence-corrected chi connectivity index (χ4v) is 3.07. The number of rotatable bonds is 6. The number of carbonyl (C=O) groups excluding carboxylic acids is 1. The number of nitrogens with one attached hydrogen (secondary N) is 1. The van der Waals surface area contributed by atoms with Crippen molar-refractivity contribution in [2.45, 2.75) is 26.6 Å². The van der Waals surface area contributed by atoms with Crippen LogP contribution >= 0.6 is 11.3 Å². The van der Waals surface area contributed by atoms with E-state index in [0.717, 1.165) is 4.88 Å². The number of hydrogen-bond donors (Lipinski definition) is 1. The minimum atomic E-state index is -4.67. The Kier molecular flexibility index (Phi) is 5.31. The Morgan fingerprint density at radius 1 is 1.33 bits per heavy atom. The highest BCUT2D eigenvalue weighted by Gasteiger charge is 2.38. The Bertz CT molecular complexity index is 929. The highest BCUT2D eigenvalue weighted by atomic mass is 32.1. The normalized spacial score (nSPS) is 11.9. The molecule has 0 aliphatic carbocycles. The highest BCUT2D eigenvalue weighted by molar-refractivity contribution is 7.15. The van der Waals surface area contributed by atoms with E-state index in [2.05, 4.69) is 25.1 Å². The molecule has 0 aromatic carbocycles. The first-order chi connectivity index (χ1) is 12.7. The Hall–Kier alpha value is -2.69. The molecule has 3 heterocycles. The van der Waals surface area contributed by atoms with Crippen LogP contribution in [0.2, 0.25) is 0 Å². The summed E-state index contributed by atoms with van der Waals surface area (Å²) in [6, 6.07) is 4.97. The third kappa shape index (κ3) is 4.73. The second-order valence-electron chi connectivity index (χ2n) is 6.19. The lowest BCUT2D eigenvalue weighted by molar-refractivity contribution is -0.159. The number of nitrogens with zero attached hydrogens (tertiary/aromatic N) is 4. The number of thiophene rings is 1. The van der Waals surface area contributed by atoms with Gasteiger partial charge in [-0.2, -0.15) is 23.3 Å². The largest absolute Gasteiger partial charge is 0.471 e. The van der Waals surface area contributed by atoms with Gasteiger partial charge in [-0.1, -0.05) is 19.0 Å². The molecule has 7 nitrogen and oxygen atoms in total. The maximum Gasteiger partial charge on any atom is 0.471 e. The van der Waals surface area contributed by atoms with Gasteiger partial charge >= 0.3 is 12.1 Å². The van der Waals surface area contributed by atoms with Crippen molar-refractivity contribution in [3.63, 3.8) is 0 Å². The number of halogens is 3. The Labute approximate surface area is 156 Å². The summed E-state index contributed by atoms with van der Waals surface area (Å²) in [7, 11) is 0. The summed E-state index contributed by atoms with van der Waals surface area (Å²) in [4.78, 5) is 16.6. The summed E-state index contributed by atoms with van der Waals surface area (Å²) in [6.07, 6.45) is -3.01.